The molecule has 5 rings (SSSR count). The zero-order valence-electron chi connectivity index (χ0n) is 14.2. The van der Waals surface area contributed by atoms with Crippen molar-refractivity contribution in [3.05, 3.63) is 35.9 Å². The molecule has 0 amide bonds. The van der Waals surface area contributed by atoms with Crippen LogP contribution < -0.4 is 0 Å². The first kappa shape index (κ1) is 14.5. The summed E-state index contributed by atoms with van der Waals surface area (Å²) in [5.74, 6) is 1.88. The third-order valence-electron chi connectivity index (χ3n) is 7.26. The number of fused-ring (bicyclic) bond motifs is 6. The van der Waals surface area contributed by atoms with Crippen molar-refractivity contribution in [1.82, 2.24) is 9.80 Å². The standard InChI is InChI=1S/C21H30N2/c1-2-7-16(8-3-1)20-10-6-11-21-17-13-18(15-23(20)21)19-9-4-5-12-22(19)14-17/h1-3,7-8,17-21H,4-6,9-15H2/t17-,18-,19+,20-,21-/m0/s1. The molecule has 0 radical (unpaired) electrons. The van der Waals surface area contributed by atoms with Crippen molar-refractivity contribution in [2.45, 2.75) is 63.1 Å². The average molecular weight is 310 g/mol. The highest BCUT2D eigenvalue weighted by atomic mass is 15.3. The second kappa shape index (κ2) is 5.89. The molecule has 0 aromatic heterocycles. The van der Waals surface area contributed by atoms with Crippen molar-refractivity contribution in [2.75, 3.05) is 19.6 Å². The summed E-state index contributed by atoms with van der Waals surface area (Å²) in [5.41, 5.74) is 1.57. The van der Waals surface area contributed by atoms with Gasteiger partial charge in [0.1, 0.15) is 0 Å². The van der Waals surface area contributed by atoms with Gasteiger partial charge in [-0.05, 0) is 62.5 Å². The molecule has 0 spiro atoms. The fraction of sp³-hybridized carbons (Fsp3) is 0.714. The van der Waals surface area contributed by atoms with Crippen LogP contribution >= 0.6 is 0 Å². The second-order valence-electron chi connectivity index (χ2n) is 8.44. The largest absolute Gasteiger partial charge is 0.300 e. The Bertz CT molecular complexity index is 542. The summed E-state index contributed by atoms with van der Waals surface area (Å²) in [6.45, 7) is 4.14. The van der Waals surface area contributed by atoms with Crippen molar-refractivity contribution >= 4 is 0 Å². The molecule has 0 N–H and O–H groups in total. The lowest BCUT2D eigenvalue weighted by molar-refractivity contribution is -0.0910. The molecule has 4 saturated heterocycles. The Balaban J connectivity index is 1.43. The molecular weight excluding hydrogens is 280 g/mol. The Kier molecular flexibility index (Phi) is 3.71. The Morgan fingerprint density at radius 2 is 1.61 bits per heavy atom. The van der Waals surface area contributed by atoms with Gasteiger partial charge in [0.15, 0.2) is 0 Å². The monoisotopic (exact) mass is 310 g/mol. The summed E-state index contributed by atoms with van der Waals surface area (Å²) in [5, 5.41) is 0. The van der Waals surface area contributed by atoms with Crippen LogP contribution in [0.4, 0.5) is 0 Å². The molecule has 2 bridgehead atoms. The van der Waals surface area contributed by atoms with Crippen LogP contribution in [-0.2, 0) is 0 Å². The number of hydrogen-bond acceptors (Lipinski definition) is 2. The topological polar surface area (TPSA) is 6.48 Å². The number of nitrogens with zero attached hydrogens (tertiary/aromatic N) is 2. The Morgan fingerprint density at radius 3 is 2.52 bits per heavy atom. The van der Waals surface area contributed by atoms with Crippen molar-refractivity contribution in [1.29, 1.82) is 0 Å². The molecule has 4 aliphatic heterocycles. The molecule has 23 heavy (non-hydrogen) atoms. The van der Waals surface area contributed by atoms with E-state index in [0.717, 1.165) is 23.9 Å². The fourth-order valence-electron chi connectivity index (χ4n) is 6.33. The van der Waals surface area contributed by atoms with Crippen molar-refractivity contribution < 1.29 is 0 Å². The predicted molar refractivity (Wildman–Crippen MR) is 94.3 cm³/mol. The lowest BCUT2D eigenvalue weighted by atomic mass is 9.69. The maximum Gasteiger partial charge on any atom is 0.0351 e. The quantitative estimate of drug-likeness (QED) is 0.771. The van der Waals surface area contributed by atoms with Gasteiger partial charge in [0, 0.05) is 31.2 Å². The molecule has 0 unspecified atom stereocenters. The number of hydrogen-bond donors (Lipinski definition) is 0. The Morgan fingerprint density at radius 1 is 0.783 bits per heavy atom. The van der Waals surface area contributed by atoms with E-state index in [0.29, 0.717) is 6.04 Å². The van der Waals surface area contributed by atoms with E-state index >= 15 is 0 Å². The van der Waals surface area contributed by atoms with Crippen LogP contribution in [0.3, 0.4) is 0 Å². The van der Waals surface area contributed by atoms with E-state index in [2.05, 4.69) is 40.1 Å². The average Bonchev–Trinajstić information content (AvgIpc) is 2.62. The molecule has 4 heterocycles. The van der Waals surface area contributed by atoms with Crippen LogP contribution in [0.1, 0.15) is 56.6 Å². The molecule has 2 heteroatoms. The van der Waals surface area contributed by atoms with Gasteiger partial charge in [0.05, 0.1) is 0 Å². The smallest absolute Gasteiger partial charge is 0.0351 e. The number of piperidine rings is 4. The molecule has 0 saturated carbocycles. The van der Waals surface area contributed by atoms with Crippen LogP contribution in [0.2, 0.25) is 0 Å². The van der Waals surface area contributed by atoms with Crippen LogP contribution in [-0.4, -0.2) is 41.5 Å². The summed E-state index contributed by atoms with van der Waals surface area (Å²) in [7, 11) is 0. The van der Waals surface area contributed by atoms with Gasteiger partial charge in [-0.25, -0.2) is 0 Å². The van der Waals surface area contributed by atoms with Gasteiger partial charge in [0.2, 0.25) is 0 Å². The van der Waals surface area contributed by atoms with Crippen molar-refractivity contribution in [3.63, 3.8) is 0 Å². The first-order chi connectivity index (χ1) is 11.4. The summed E-state index contributed by atoms with van der Waals surface area (Å²) < 4.78 is 0. The highest BCUT2D eigenvalue weighted by molar-refractivity contribution is 5.21. The van der Waals surface area contributed by atoms with Gasteiger partial charge in [-0.1, -0.05) is 36.8 Å². The van der Waals surface area contributed by atoms with Crippen LogP contribution in [0.15, 0.2) is 30.3 Å². The normalized spacial score (nSPS) is 41.1. The molecule has 4 fully saturated rings. The molecule has 4 aliphatic rings. The minimum atomic E-state index is 0.690. The molecule has 2 nitrogen and oxygen atoms in total. The van der Waals surface area contributed by atoms with Crippen LogP contribution in [0.5, 0.6) is 0 Å². The summed E-state index contributed by atoms with van der Waals surface area (Å²) in [6, 6.07) is 13.8. The van der Waals surface area contributed by atoms with E-state index in [1.54, 1.807) is 5.56 Å². The lowest BCUT2D eigenvalue weighted by Gasteiger charge is -2.59. The first-order valence-corrected chi connectivity index (χ1v) is 9.95. The first-order valence-electron chi connectivity index (χ1n) is 9.95. The third kappa shape index (κ3) is 2.46. The lowest BCUT2D eigenvalue weighted by Crippen LogP contribution is -2.63. The van der Waals surface area contributed by atoms with E-state index in [-0.39, 0.29) is 0 Å². The highest BCUT2D eigenvalue weighted by Crippen LogP contribution is 2.47. The molecular formula is C21H30N2. The second-order valence-corrected chi connectivity index (χ2v) is 8.44. The molecule has 1 aromatic rings. The van der Waals surface area contributed by atoms with E-state index in [1.807, 2.05) is 0 Å². The number of benzene rings is 1. The van der Waals surface area contributed by atoms with Gasteiger partial charge in [-0.15, -0.1) is 0 Å². The SMILES string of the molecule is c1ccc([C@@H]2CCC[C@H]3[C@H]4C[C@@H](CN23)[C@H]2CCCCN2C4)cc1. The van der Waals surface area contributed by atoms with Crippen LogP contribution in [0, 0.1) is 11.8 Å². The van der Waals surface area contributed by atoms with E-state index in [4.69, 9.17) is 0 Å². The van der Waals surface area contributed by atoms with Gasteiger partial charge in [-0.2, -0.15) is 0 Å². The van der Waals surface area contributed by atoms with Crippen molar-refractivity contribution in [3.8, 4) is 0 Å². The predicted octanol–water partition coefficient (Wildman–Crippen LogP) is 4.09. The van der Waals surface area contributed by atoms with Gasteiger partial charge >= 0.3 is 0 Å². The Hall–Kier alpha value is -0.860. The van der Waals surface area contributed by atoms with Gasteiger partial charge in [-0.3, -0.25) is 9.80 Å². The molecule has 5 atom stereocenters. The fourth-order valence-corrected chi connectivity index (χ4v) is 6.33. The number of rotatable bonds is 1. The molecule has 0 aliphatic carbocycles. The van der Waals surface area contributed by atoms with E-state index in [1.165, 1.54) is 64.6 Å². The highest BCUT2D eigenvalue weighted by Gasteiger charge is 2.48. The van der Waals surface area contributed by atoms with Crippen molar-refractivity contribution in [2.24, 2.45) is 11.8 Å². The van der Waals surface area contributed by atoms with Gasteiger partial charge < -0.3 is 0 Å². The minimum Gasteiger partial charge on any atom is -0.300 e. The maximum absolute atomic E-state index is 2.95. The third-order valence-corrected chi connectivity index (χ3v) is 7.26. The molecule has 124 valence electrons. The Labute approximate surface area is 140 Å². The maximum atomic E-state index is 2.95. The van der Waals surface area contributed by atoms with E-state index < -0.39 is 0 Å². The van der Waals surface area contributed by atoms with Crippen LogP contribution in [0.25, 0.3) is 0 Å². The zero-order chi connectivity index (χ0) is 15.2. The summed E-state index contributed by atoms with van der Waals surface area (Å²) in [4.78, 5) is 5.83. The van der Waals surface area contributed by atoms with Gasteiger partial charge in [0.25, 0.3) is 0 Å². The van der Waals surface area contributed by atoms with E-state index in [9.17, 15) is 0 Å². The summed E-state index contributed by atoms with van der Waals surface area (Å²) in [6.07, 6.45) is 10.1. The molecule has 1 aromatic carbocycles. The summed E-state index contributed by atoms with van der Waals surface area (Å²) >= 11 is 0. The minimum absolute atomic E-state index is 0.690. The zero-order valence-corrected chi connectivity index (χ0v) is 14.2.